The SMILES string of the molecule is O=C(O)CCCCCNC(=O)C1C(C(=O)O)[C@H]2CC[C@@H]1O2. The summed E-state index contributed by atoms with van der Waals surface area (Å²) in [5.74, 6) is -3.38. The van der Waals surface area contributed by atoms with Crippen LogP contribution < -0.4 is 5.32 Å². The molecule has 118 valence electrons. The molecule has 2 aliphatic heterocycles. The third-order valence-electron chi connectivity index (χ3n) is 4.23. The van der Waals surface area contributed by atoms with Gasteiger partial charge >= 0.3 is 11.9 Å². The summed E-state index contributed by atoms with van der Waals surface area (Å²) in [4.78, 5) is 33.8. The minimum atomic E-state index is -0.969. The van der Waals surface area contributed by atoms with E-state index in [9.17, 15) is 19.5 Å². The number of hydrogen-bond acceptors (Lipinski definition) is 4. The first kappa shape index (κ1) is 15.8. The molecule has 2 bridgehead atoms. The van der Waals surface area contributed by atoms with Crippen molar-refractivity contribution in [2.45, 2.75) is 50.7 Å². The van der Waals surface area contributed by atoms with Crippen LogP contribution in [0.5, 0.6) is 0 Å². The van der Waals surface area contributed by atoms with E-state index in [1.165, 1.54) is 0 Å². The van der Waals surface area contributed by atoms with Crippen molar-refractivity contribution in [1.82, 2.24) is 5.32 Å². The molecule has 1 amide bonds. The summed E-state index contributed by atoms with van der Waals surface area (Å²) in [6.07, 6.45) is 2.98. The maximum atomic E-state index is 12.1. The standard InChI is InChI=1S/C14H21NO6/c16-10(17)4-2-1-3-7-15-13(18)11-8-5-6-9(21-8)12(11)14(19)20/h8-9,11-12H,1-7H2,(H,15,18)(H,16,17)(H,19,20)/t8-,9+,11?,12?/m0/s1. The number of aliphatic carboxylic acids is 2. The molecule has 0 aromatic rings. The second-order valence-electron chi connectivity index (χ2n) is 5.68. The van der Waals surface area contributed by atoms with Crippen molar-refractivity contribution in [3.8, 4) is 0 Å². The number of amides is 1. The Kier molecular flexibility index (Phi) is 5.17. The predicted octanol–water partition coefficient (Wildman–Crippen LogP) is 0.626. The van der Waals surface area contributed by atoms with Gasteiger partial charge < -0.3 is 20.3 Å². The highest BCUT2D eigenvalue weighted by Crippen LogP contribution is 2.43. The number of carbonyl (C=O) groups is 3. The molecule has 0 spiro atoms. The monoisotopic (exact) mass is 299 g/mol. The Hall–Kier alpha value is -1.63. The molecule has 2 unspecified atom stereocenters. The van der Waals surface area contributed by atoms with Gasteiger partial charge in [0.15, 0.2) is 0 Å². The van der Waals surface area contributed by atoms with Gasteiger partial charge in [0.1, 0.15) is 0 Å². The number of unbranched alkanes of at least 4 members (excludes halogenated alkanes) is 2. The molecule has 2 aliphatic rings. The molecule has 7 nitrogen and oxygen atoms in total. The van der Waals surface area contributed by atoms with E-state index >= 15 is 0 Å². The van der Waals surface area contributed by atoms with Gasteiger partial charge in [-0.15, -0.1) is 0 Å². The van der Waals surface area contributed by atoms with Crippen molar-refractivity contribution in [2.75, 3.05) is 6.54 Å². The van der Waals surface area contributed by atoms with Crippen molar-refractivity contribution in [3.05, 3.63) is 0 Å². The summed E-state index contributed by atoms with van der Waals surface area (Å²) >= 11 is 0. The van der Waals surface area contributed by atoms with E-state index in [1.54, 1.807) is 0 Å². The second-order valence-corrected chi connectivity index (χ2v) is 5.68. The van der Waals surface area contributed by atoms with Gasteiger partial charge in [0.25, 0.3) is 0 Å². The number of carboxylic acid groups (broad SMARTS) is 2. The van der Waals surface area contributed by atoms with Crippen LogP contribution in [0.4, 0.5) is 0 Å². The maximum absolute atomic E-state index is 12.1. The average molecular weight is 299 g/mol. The van der Waals surface area contributed by atoms with Gasteiger partial charge in [-0.3, -0.25) is 14.4 Å². The summed E-state index contributed by atoms with van der Waals surface area (Å²) < 4.78 is 5.54. The first-order chi connectivity index (χ1) is 10.0. The molecule has 7 heteroatoms. The molecule has 2 fully saturated rings. The Morgan fingerprint density at radius 3 is 2.29 bits per heavy atom. The predicted molar refractivity (Wildman–Crippen MR) is 71.6 cm³/mol. The van der Waals surface area contributed by atoms with E-state index in [4.69, 9.17) is 9.84 Å². The highest BCUT2D eigenvalue weighted by atomic mass is 16.5. The van der Waals surface area contributed by atoms with E-state index in [2.05, 4.69) is 5.32 Å². The van der Waals surface area contributed by atoms with Crippen LogP contribution in [0.2, 0.25) is 0 Å². The smallest absolute Gasteiger partial charge is 0.310 e. The number of fused-ring (bicyclic) bond motifs is 2. The van der Waals surface area contributed by atoms with Crippen LogP contribution >= 0.6 is 0 Å². The Balaban J connectivity index is 1.73. The van der Waals surface area contributed by atoms with E-state index in [1.807, 2.05) is 0 Å². The zero-order chi connectivity index (χ0) is 15.4. The lowest BCUT2D eigenvalue weighted by Gasteiger charge is -2.23. The lowest BCUT2D eigenvalue weighted by atomic mass is 9.78. The summed E-state index contributed by atoms with van der Waals surface area (Å²) in [5, 5.41) is 20.5. The molecular formula is C14H21NO6. The summed E-state index contributed by atoms with van der Waals surface area (Å²) in [6.45, 7) is 0.443. The topological polar surface area (TPSA) is 113 Å². The van der Waals surface area contributed by atoms with Gasteiger partial charge in [-0.1, -0.05) is 6.42 Å². The molecule has 2 saturated heterocycles. The zero-order valence-corrected chi connectivity index (χ0v) is 11.8. The van der Waals surface area contributed by atoms with E-state index in [0.29, 0.717) is 25.8 Å². The second kappa shape index (κ2) is 6.89. The number of carboxylic acids is 2. The average Bonchev–Trinajstić information content (AvgIpc) is 3.02. The Morgan fingerprint density at radius 2 is 1.67 bits per heavy atom. The lowest BCUT2D eigenvalue weighted by molar-refractivity contribution is -0.147. The molecule has 21 heavy (non-hydrogen) atoms. The molecule has 3 N–H and O–H groups in total. The van der Waals surface area contributed by atoms with Gasteiger partial charge in [0.2, 0.25) is 5.91 Å². The first-order valence-corrected chi connectivity index (χ1v) is 7.38. The lowest BCUT2D eigenvalue weighted by Crippen LogP contribution is -2.44. The molecule has 0 saturated carbocycles. The number of hydrogen-bond donors (Lipinski definition) is 3. The van der Waals surface area contributed by atoms with Gasteiger partial charge in [-0.2, -0.15) is 0 Å². The fraction of sp³-hybridized carbons (Fsp3) is 0.786. The number of rotatable bonds is 8. The Bertz CT molecular complexity index is 424. The number of nitrogens with one attached hydrogen (secondary N) is 1. The Morgan fingerprint density at radius 1 is 1.00 bits per heavy atom. The molecular weight excluding hydrogens is 278 g/mol. The molecule has 0 radical (unpaired) electrons. The summed E-state index contributed by atoms with van der Waals surface area (Å²) in [7, 11) is 0. The van der Waals surface area contributed by atoms with E-state index < -0.39 is 23.8 Å². The molecule has 2 rings (SSSR count). The van der Waals surface area contributed by atoms with Crippen LogP contribution in [0.15, 0.2) is 0 Å². The van der Waals surface area contributed by atoms with E-state index in [-0.39, 0.29) is 24.5 Å². The van der Waals surface area contributed by atoms with Gasteiger partial charge in [-0.25, -0.2) is 0 Å². The highest BCUT2D eigenvalue weighted by Gasteiger charge is 2.55. The van der Waals surface area contributed by atoms with Crippen molar-refractivity contribution in [2.24, 2.45) is 11.8 Å². The van der Waals surface area contributed by atoms with Crippen LogP contribution in [-0.4, -0.2) is 46.8 Å². The van der Waals surface area contributed by atoms with Crippen LogP contribution in [0.25, 0.3) is 0 Å². The van der Waals surface area contributed by atoms with Crippen LogP contribution in [0.1, 0.15) is 38.5 Å². The molecule has 0 aromatic heterocycles. The first-order valence-electron chi connectivity index (χ1n) is 7.38. The molecule has 4 atom stereocenters. The van der Waals surface area contributed by atoms with Gasteiger partial charge in [-0.05, 0) is 25.7 Å². The van der Waals surface area contributed by atoms with Crippen molar-refractivity contribution in [3.63, 3.8) is 0 Å². The Labute approximate surface area is 122 Å². The fourth-order valence-corrected chi connectivity index (χ4v) is 3.23. The third-order valence-corrected chi connectivity index (χ3v) is 4.23. The molecule has 0 aliphatic carbocycles. The summed E-state index contributed by atoms with van der Waals surface area (Å²) in [6, 6.07) is 0. The summed E-state index contributed by atoms with van der Waals surface area (Å²) in [5.41, 5.74) is 0. The van der Waals surface area contributed by atoms with E-state index in [0.717, 1.165) is 12.8 Å². The fourth-order valence-electron chi connectivity index (χ4n) is 3.23. The van der Waals surface area contributed by atoms with Crippen LogP contribution in [-0.2, 0) is 19.1 Å². The zero-order valence-electron chi connectivity index (χ0n) is 11.8. The van der Waals surface area contributed by atoms with Gasteiger partial charge in [0, 0.05) is 13.0 Å². The number of ether oxygens (including phenoxy) is 1. The third kappa shape index (κ3) is 3.72. The van der Waals surface area contributed by atoms with Crippen LogP contribution in [0.3, 0.4) is 0 Å². The largest absolute Gasteiger partial charge is 0.481 e. The minimum Gasteiger partial charge on any atom is -0.481 e. The maximum Gasteiger partial charge on any atom is 0.310 e. The molecule has 2 heterocycles. The van der Waals surface area contributed by atoms with Crippen molar-refractivity contribution >= 4 is 17.8 Å². The van der Waals surface area contributed by atoms with Gasteiger partial charge in [0.05, 0.1) is 24.0 Å². The highest BCUT2D eigenvalue weighted by molar-refractivity contribution is 5.86. The minimum absolute atomic E-state index is 0.134. The van der Waals surface area contributed by atoms with Crippen molar-refractivity contribution < 1.29 is 29.3 Å². The number of carbonyl (C=O) groups excluding carboxylic acids is 1. The molecule has 0 aromatic carbocycles. The normalized spacial score (nSPS) is 30.3. The van der Waals surface area contributed by atoms with Crippen LogP contribution in [0, 0.1) is 11.8 Å². The quantitative estimate of drug-likeness (QED) is 0.566. The van der Waals surface area contributed by atoms with Crippen molar-refractivity contribution in [1.29, 1.82) is 0 Å².